The lowest BCUT2D eigenvalue weighted by molar-refractivity contribution is 0.414. The SMILES string of the molecule is CCC.COc1ccccc1.COc1ccccc1. The van der Waals surface area contributed by atoms with Gasteiger partial charge < -0.3 is 9.47 Å². The number of benzene rings is 2. The highest BCUT2D eigenvalue weighted by Gasteiger charge is 1.80. The molecule has 0 aliphatic heterocycles. The fourth-order valence-corrected chi connectivity index (χ4v) is 1.11. The van der Waals surface area contributed by atoms with Gasteiger partial charge in [-0.15, -0.1) is 0 Å². The van der Waals surface area contributed by atoms with Crippen molar-refractivity contribution in [2.45, 2.75) is 20.3 Å². The number of ether oxygens (including phenoxy) is 2. The van der Waals surface area contributed by atoms with Gasteiger partial charge in [0.1, 0.15) is 11.5 Å². The van der Waals surface area contributed by atoms with Gasteiger partial charge in [0, 0.05) is 0 Å². The number of methoxy groups -OCH3 is 2. The van der Waals surface area contributed by atoms with E-state index in [1.54, 1.807) is 14.2 Å². The summed E-state index contributed by atoms with van der Waals surface area (Å²) in [5.74, 6) is 1.82. The minimum atomic E-state index is 0.910. The van der Waals surface area contributed by atoms with E-state index in [0.717, 1.165) is 11.5 Å². The van der Waals surface area contributed by atoms with Crippen molar-refractivity contribution >= 4 is 0 Å². The van der Waals surface area contributed by atoms with E-state index >= 15 is 0 Å². The summed E-state index contributed by atoms with van der Waals surface area (Å²) in [6, 6.07) is 19.4. The van der Waals surface area contributed by atoms with Gasteiger partial charge in [-0.2, -0.15) is 0 Å². The summed E-state index contributed by atoms with van der Waals surface area (Å²) in [6.07, 6.45) is 1.25. The van der Waals surface area contributed by atoms with Crippen LogP contribution in [0.3, 0.4) is 0 Å². The van der Waals surface area contributed by atoms with Crippen molar-refractivity contribution in [3.8, 4) is 11.5 Å². The predicted octanol–water partition coefficient (Wildman–Crippen LogP) is 4.81. The first-order valence-electron chi connectivity index (χ1n) is 6.46. The lowest BCUT2D eigenvalue weighted by Gasteiger charge is -1.93. The molecule has 0 N–H and O–H groups in total. The molecular weight excluding hydrogens is 236 g/mol. The smallest absolute Gasteiger partial charge is 0.118 e. The number of para-hydroxylation sites is 2. The predicted molar refractivity (Wildman–Crippen MR) is 82.0 cm³/mol. The summed E-state index contributed by atoms with van der Waals surface area (Å²) >= 11 is 0. The molecule has 0 bridgehead atoms. The molecule has 0 fully saturated rings. The van der Waals surface area contributed by atoms with Crippen LogP contribution in [0.2, 0.25) is 0 Å². The quantitative estimate of drug-likeness (QED) is 0.771. The molecule has 0 saturated carbocycles. The van der Waals surface area contributed by atoms with Crippen molar-refractivity contribution in [3.05, 3.63) is 60.7 Å². The van der Waals surface area contributed by atoms with Gasteiger partial charge >= 0.3 is 0 Å². The standard InChI is InChI=1S/2C7H8O.C3H8/c2*1-8-7-5-3-2-4-6-7;1-3-2/h2*2-6H,1H3;3H2,1-2H3. The Morgan fingerprint density at radius 3 is 1.05 bits per heavy atom. The molecule has 0 amide bonds. The molecule has 0 saturated heterocycles. The average molecular weight is 260 g/mol. The van der Waals surface area contributed by atoms with E-state index in [1.165, 1.54) is 6.42 Å². The first kappa shape index (κ1) is 17.0. The zero-order valence-corrected chi connectivity index (χ0v) is 12.3. The van der Waals surface area contributed by atoms with Crippen molar-refractivity contribution in [1.29, 1.82) is 0 Å². The topological polar surface area (TPSA) is 18.5 Å². The van der Waals surface area contributed by atoms with E-state index in [4.69, 9.17) is 9.47 Å². The number of hydrogen-bond donors (Lipinski definition) is 0. The molecule has 19 heavy (non-hydrogen) atoms. The molecule has 0 unspecified atom stereocenters. The molecule has 0 aliphatic carbocycles. The van der Waals surface area contributed by atoms with Crippen LogP contribution in [0.1, 0.15) is 20.3 Å². The molecular formula is C17H24O2. The Hall–Kier alpha value is -1.96. The Morgan fingerprint density at radius 2 is 0.895 bits per heavy atom. The molecule has 104 valence electrons. The first-order chi connectivity index (χ1) is 9.28. The largest absolute Gasteiger partial charge is 0.497 e. The molecule has 0 radical (unpaired) electrons. The second-order valence-electron chi connectivity index (χ2n) is 3.74. The Morgan fingerprint density at radius 1 is 0.632 bits per heavy atom. The van der Waals surface area contributed by atoms with E-state index in [9.17, 15) is 0 Å². The van der Waals surface area contributed by atoms with Gasteiger partial charge in [-0.1, -0.05) is 56.7 Å². The molecule has 0 atom stereocenters. The zero-order chi connectivity index (χ0) is 14.3. The summed E-state index contributed by atoms with van der Waals surface area (Å²) in [4.78, 5) is 0. The van der Waals surface area contributed by atoms with Gasteiger partial charge in [0.05, 0.1) is 14.2 Å². The van der Waals surface area contributed by atoms with Crippen molar-refractivity contribution in [2.75, 3.05) is 14.2 Å². The molecule has 2 heteroatoms. The van der Waals surface area contributed by atoms with E-state index in [1.807, 2.05) is 60.7 Å². The molecule has 0 aliphatic rings. The van der Waals surface area contributed by atoms with Crippen molar-refractivity contribution in [2.24, 2.45) is 0 Å². The van der Waals surface area contributed by atoms with Crippen LogP contribution < -0.4 is 9.47 Å². The molecule has 0 heterocycles. The van der Waals surface area contributed by atoms with Gasteiger partial charge in [0.2, 0.25) is 0 Å². The maximum atomic E-state index is 4.91. The van der Waals surface area contributed by atoms with E-state index in [0.29, 0.717) is 0 Å². The summed E-state index contributed by atoms with van der Waals surface area (Å²) < 4.78 is 9.83. The number of hydrogen-bond acceptors (Lipinski definition) is 2. The highest BCUT2D eigenvalue weighted by molar-refractivity contribution is 5.21. The third-order valence-electron chi connectivity index (χ3n) is 1.96. The van der Waals surface area contributed by atoms with Crippen LogP contribution in [0.15, 0.2) is 60.7 Å². The van der Waals surface area contributed by atoms with Crippen LogP contribution in [0.25, 0.3) is 0 Å². The van der Waals surface area contributed by atoms with Gasteiger partial charge in [-0.25, -0.2) is 0 Å². The Labute approximate surface area is 117 Å². The zero-order valence-electron chi connectivity index (χ0n) is 12.3. The van der Waals surface area contributed by atoms with Crippen LogP contribution in [-0.4, -0.2) is 14.2 Å². The molecule has 0 spiro atoms. The van der Waals surface area contributed by atoms with Crippen LogP contribution >= 0.6 is 0 Å². The summed E-state index contributed by atoms with van der Waals surface area (Å²) in [5, 5.41) is 0. The third kappa shape index (κ3) is 9.72. The van der Waals surface area contributed by atoms with Gasteiger partial charge in [0.25, 0.3) is 0 Å². The molecule has 2 nitrogen and oxygen atoms in total. The highest BCUT2D eigenvalue weighted by Crippen LogP contribution is 2.06. The monoisotopic (exact) mass is 260 g/mol. The molecule has 2 aromatic rings. The Balaban J connectivity index is 0.000000284. The van der Waals surface area contributed by atoms with E-state index in [2.05, 4.69) is 13.8 Å². The first-order valence-corrected chi connectivity index (χ1v) is 6.46. The van der Waals surface area contributed by atoms with E-state index < -0.39 is 0 Å². The Bertz CT molecular complexity index is 345. The molecule has 2 rings (SSSR count). The van der Waals surface area contributed by atoms with Crippen LogP contribution in [0, 0.1) is 0 Å². The van der Waals surface area contributed by atoms with Gasteiger partial charge in [-0.05, 0) is 24.3 Å². The average Bonchev–Trinajstić information content (AvgIpc) is 2.50. The van der Waals surface area contributed by atoms with Crippen molar-refractivity contribution in [3.63, 3.8) is 0 Å². The minimum Gasteiger partial charge on any atom is -0.497 e. The molecule has 2 aromatic carbocycles. The van der Waals surface area contributed by atoms with E-state index in [-0.39, 0.29) is 0 Å². The number of rotatable bonds is 2. The van der Waals surface area contributed by atoms with Gasteiger partial charge in [-0.3, -0.25) is 0 Å². The summed E-state index contributed by atoms with van der Waals surface area (Å²) in [5.41, 5.74) is 0. The van der Waals surface area contributed by atoms with Crippen LogP contribution in [0.4, 0.5) is 0 Å². The normalized spacial score (nSPS) is 8.21. The third-order valence-corrected chi connectivity index (χ3v) is 1.96. The van der Waals surface area contributed by atoms with Gasteiger partial charge in [0.15, 0.2) is 0 Å². The van der Waals surface area contributed by atoms with Crippen LogP contribution in [-0.2, 0) is 0 Å². The summed E-state index contributed by atoms with van der Waals surface area (Å²) in [7, 11) is 3.32. The van der Waals surface area contributed by atoms with Crippen molar-refractivity contribution < 1.29 is 9.47 Å². The minimum absolute atomic E-state index is 0.910. The second kappa shape index (κ2) is 12.5. The maximum absolute atomic E-state index is 4.91. The van der Waals surface area contributed by atoms with Crippen LogP contribution in [0.5, 0.6) is 11.5 Å². The summed E-state index contributed by atoms with van der Waals surface area (Å²) in [6.45, 7) is 4.25. The second-order valence-corrected chi connectivity index (χ2v) is 3.74. The Kier molecular flexibility index (Phi) is 11.2. The maximum Gasteiger partial charge on any atom is 0.118 e. The fourth-order valence-electron chi connectivity index (χ4n) is 1.11. The lowest BCUT2D eigenvalue weighted by atomic mass is 10.3. The molecule has 0 aromatic heterocycles. The highest BCUT2D eigenvalue weighted by atomic mass is 16.5. The fraction of sp³-hybridized carbons (Fsp3) is 0.294. The lowest BCUT2D eigenvalue weighted by Crippen LogP contribution is -1.78. The van der Waals surface area contributed by atoms with Crippen molar-refractivity contribution in [1.82, 2.24) is 0 Å².